The fourth-order valence-corrected chi connectivity index (χ4v) is 7.34. The van der Waals surface area contributed by atoms with Gasteiger partial charge in [-0.1, -0.05) is 23.7 Å². The molecule has 4 aliphatic carbocycles. The Morgan fingerprint density at radius 2 is 1.67 bits per heavy atom. The molecule has 7 rings (SSSR count). The molecule has 0 radical (unpaired) electrons. The maximum Gasteiger partial charge on any atom is 0.410 e. The molecule has 1 aromatic carbocycles. The SMILES string of the molecule is O=C(NC12CC3CC(CC(C3)C1)C2)c1cnn2c1N[C@H](c1ccc(Cl)cc1)C[C@@H]2C(F)(F)F. The molecule has 0 spiro atoms. The van der Waals surface area contributed by atoms with Crippen LogP contribution in [0, 0.1) is 17.8 Å². The minimum absolute atomic E-state index is 0.130. The highest BCUT2D eigenvalue weighted by atomic mass is 35.5. The number of hydrogen-bond acceptors (Lipinski definition) is 3. The topological polar surface area (TPSA) is 59.0 Å². The van der Waals surface area contributed by atoms with Crippen molar-refractivity contribution in [2.24, 2.45) is 17.8 Å². The molecule has 2 aromatic rings. The van der Waals surface area contributed by atoms with Crippen molar-refractivity contribution in [3.63, 3.8) is 0 Å². The summed E-state index contributed by atoms with van der Waals surface area (Å²) in [5.74, 6) is 1.76. The van der Waals surface area contributed by atoms with Crippen LogP contribution >= 0.6 is 11.6 Å². The molecule has 0 unspecified atom stereocenters. The zero-order valence-electron chi connectivity index (χ0n) is 18.0. The van der Waals surface area contributed by atoms with Gasteiger partial charge in [-0.15, -0.1) is 0 Å². The summed E-state index contributed by atoms with van der Waals surface area (Å²) in [5, 5.41) is 11.0. The predicted molar refractivity (Wildman–Crippen MR) is 118 cm³/mol. The zero-order chi connectivity index (χ0) is 23.0. The van der Waals surface area contributed by atoms with Crippen LogP contribution in [0.3, 0.4) is 0 Å². The normalized spacial score (nSPS) is 34.6. The molecule has 5 aliphatic rings. The molecule has 9 heteroatoms. The molecule has 2 N–H and O–H groups in total. The first kappa shape index (κ1) is 21.3. The van der Waals surface area contributed by atoms with Crippen molar-refractivity contribution in [3.05, 3.63) is 46.6 Å². The van der Waals surface area contributed by atoms with Gasteiger partial charge in [0.2, 0.25) is 0 Å². The second-order valence-electron chi connectivity index (χ2n) is 10.5. The van der Waals surface area contributed by atoms with Gasteiger partial charge in [0.05, 0.1) is 12.2 Å². The summed E-state index contributed by atoms with van der Waals surface area (Å²) in [6.07, 6.45) is 3.24. The summed E-state index contributed by atoms with van der Waals surface area (Å²) in [7, 11) is 0. The molecule has 4 saturated carbocycles. The van der Waals surface area contributed by atoms with Crippen molar-refractivity contribution in [2.75, 3.05) is 5.32 Å². The van der Waals surface area contributed by atoms with Crippen molar-refractivity contribution < 1.29 is 18.0 Å². The van der Waals surface area contributed by atoms with Crippen molar-refractivity contribution in [1.82, 2.24) is 15.1 Å². The number of amides is 1. The Hall–Kier alpha value is -2.22. The van der Waals surface area contributed by atoms with Gasteiger partial charge in [-0.2, -0.15) is 18.3 Å². The molecular weight excluding hydrogens is 453 g/mol. The first-order valence-electron chi connectivity index (χ1n) is 11.7. The quantitative estimate of drug-likeness (QED) is 0.577. The van der Waals surface area contributed by atoms with Crippen LogP contribution in [0.5, 0.6) is 0 Å². The first-order chi connectivity index (χ1) is 15.7. The van der Waals surface area contributed by atoms with E-state index in [2.05, 4.69) is 15.7 Å². The number of rotatable bonds is 3. The van der Waals surface area contributed by atoms with Gasteiger partial charge < -0.3 is 10.6 Å². The van der Waals surface area contributed by atoms with Gasteiger partial charge in [-0.05, 0) is 74.0 Å². The molecular formula is C24H26ClF3N4O. The lowest BCUT2D eigenvalue weighted by atomic mass is 9.53. The molecule has 4 bridgehead atoms. The maximum atomic E-state index is 14.0. The van der Waals surface area contributed by atoms with E-state index in [1.165, 1.54) is 25.5 Å². The summed E-state index contributed by atoms with van der Waals surface area (Å²) >= 11 is 5.96. The Morgan fingerprint density at radius 1 is 1.06 bits per heavy atom. The number of nitrogens with zero attached hydrogens (tertiary/aromatic N) is 2. The highest BCUT2D eigenvalue weighted by Gasteiger charge is 2.52. The van der Waals surface area contributed by atoms with Crippen LogP contribution in [0.1, 0.15) is 73.0 Å². The van der Waals surface area contributed by atoms with E-state index in [4.69, 9.17) is 11.6 Å². The van der Waals surface area contributed by atoms with E-state index in [1.807, 2.05) is 0 Å². The van der Waals surface area contributed by atoms with Gasteiger partial charge in [0.15, 0.2) is 6.04 Å². The molecule has 1 aromatic heterocycles. The van der Waals surface area contributed by atoms with E-state index in [9.17, 15) is 18.0 Å². The van der Waals surface area contributed by atoms with Crippen LogP contribution < -0.4 is 10.6 Å². The van der Waals surface area contributed by atoms with E-state index in [-0.39, 0.29) is 29.2 Å². The summed E-state index contributed by atoms with van der Waals surface area (Å²) < 4.78 is 42.8. The van der Waals surface area contributed by atoms with E-state index in [0.717, 1.165) is 23.9 Å². The number of carbonyl (C=O) groups is 1. The molecule has 1 aliphatic heterocycles. The van der Waals surface area contributed by atoms with Crippen LogP contribution in [0.2, 0.25) is 5.02 Å². The highest BCUT2D eigenvalue weighted by Crippen LogP contribution is 2.55. The van der Waals surface area contributed by atoms with Gasteiger partial charge in [0, 0.05) is 17.0 Å². The fourth-order valence-electron chi connectivity index (χ4n) is 7.21. The van der Waals surface area contributed by atoms with Gasteiger partial charge in [-0.3, -0.25) is 4.79 Å². The molecule has 176 valence electrons. The summed E-state index contributed by atoms with van der Waals surface area (Å²) in [4.78, 5) is 13.4. The smallest absolute Gasteiger partial charge is 0.363 e. The van der Waals surface area contributed by atoms with Crippen LogP contribution in [-0.4, -0.2) is 27.4 Å². The standard InChI is InChI=1S/C24H26ClF3N4O/c25-17-3-1-16(2-4-17)19-8-20(24(26,27)28)32-21(30-19)18(12-29-32)22(33)31-23-9-13-5-14(10-23)7-15(6-13)11-23/h1-4,12-15,19-20,30H,5-11H2,(H,31,33)/t13?,14?,15?,19-,20+,23?/m0/s1. The minimum atomic E-state index is -4.48. The molecule has 0 saturated heterocycles. The third kappa shape index (κ3) is 3.70. The number of alkyl halides is 3. The van der Waals surface area contributed by atoms with Crippen LogP contribution in [-0.2, 0) is 0 Å². The minimum Gasteiger partial charge on any atom is -0.363 e. The number of hydrogen-bond donors (Lipinski definition) is 2. The lowest BCUT2D eigenvalue weighted by Crippen LogP contribution is -2.59. The molecule has 1 amide bonds. The van der Waals surface area contributed by atoms with Gasteiger partial charge in [0.1, 0.15) is 11.4 Å². The Morgan fingerprint density at radius 3 is 2.24 bits per heavy atom. The second kappa shape index (κ2) is 7.39. The number of fused-ring (bicyclic) bond motifs is 1. The average Bonchev–Trinajstić information content (AvgIpc) is 3.15. The molecule has 2 heterocycles. The van der Waals surface area contributed by atoms with Crippen molar-refractivity contribution in [1.29, 1.82) is 0 Å². The first-order valence-corrected chi connectivity index (χ1v) is 12.1. The largest absolute Gasteiger partial charge is 0.410 e. The molecule has 5 nitrogen and oxygen atoms in total. The lowest BCUT2D eigenvalue weighted by Gasteiger charge is -2.56. The number of benzene rings is 1. The third-order valence-corrected chi connectivity index (χ3v) is 8.42. The van der Waals surface area contributed by atoms with Gasteiger partial charge >= 0.3 is 6.18 Å². The molecule has 2 atom stereocenters. The van der Waals surface area contributed by atoms with Crippen molar-refractivity contribution in [2.45, 2.75) is 68.7 Å². The second-order valence-corrected chi connectivity index (χ2v) is 11.0. The summed E-state index contributed by atoms with van der Waals surface area (Å²) in [6.45, 7) is 0. The van der Waals surface area contributed by atoms with Gasteiger partial charge in [0.25, 0.3) is 5.91 Å². The number of anilines is 1. The monoisotopic (exact) mass is 478 g/mol. The Kier molecular flexibility index (Phi) is 4.77. The number of nitrogens with one attached hydrogen (secondary N) is 2. The summed E-state index contributed by atoms with van der Waals surface area (Å²) in [6, 6.07) is 4.34. The number of halogens is 4. The Labute approximate surface area is 195 Å². The fraction of sp³-hybridized carbons (Fsp3) is 0.583. The maximum absolute atomic E-state index is 14.0. The van der Waals surface area contributed by atoms with E-state index < -0.39 is 18.3 Å². The van der Waals surface area contributed by atoms with Gasteiger partial charge in [-0.25, -0.2) is 4.68 Å². The Balaban J connectivity index is 1.31. The zero-order valence-corrected chi connectivity index (χ0v) is 18.8. The van der Waals surface area contributed by atoms with Crippen LogP contribution in [0.25, 0.3) is 0 Å². The van der Waals surface area contributed by atoms with Crippen LogP contribution in [0.4, 0.5) is 19.0 Å². The predicted octanol–water partition coefficient (Wildman–Crippen LogP) is 5.90. The van der Waals surface area contributed by atoms with E-state index in [0.29, 0.717) is 28.3 Å². The summed E-state index contributed by atoms with van der Waals surface area (Å²) in [5.41, 5.74) is 0.640. The van der Waals surface area contributed by atoms with E-state index in [1.54, 1.807) is 24.3 Å². The third-order valence-electron chi connectivity index (χ3n) is 8.17. The van der Waals surface area contributed by atoms with Crippen molar-refractivity contribution >= 4 is 23.3 Å². The molecule has 4 fully saturated rings. The Bertz CT molecular complexity index is 1050. The number of carbonyl (C=O) groups excluding carboxylic acids is 1. The van der Waals surface area contributed by atoms with Crippen LogP contribution in [0.15, 0.2) is 30.5 Å². The number of aromatic nitrogens is 2. The molecule has 33 heavy (non-hydrogen) atoms. The lowest BCUT2D eigenvalue weighted by molar-refractivity contribution is -0.173. The highest BCUT2D eigenvalue weighted by molar-refractivity contribution is 6.30. The van der Waals surface area contributed by atoms with Crippen molar-refractivity contribution in [3.8, 4) is 0 Å². The van der Waals surface area contributed by atoms with E-state index >= 15 is 0 Å². The average molecular weight is 479 g/mol.